The van der Waals surface area contributed by atoms with Gasteiger partial charge in [-0.25, -0.2) is 4.39 Å². The van der Waals surface area contributed by atoms with Gasteiger partial charge in [0.25, 0.3) is 0 Å². The first-order valence-electron chi connectivity index (χ1n) is 9.05. The van der Waals surface area contributed by atoms with Crippen LogP contribution in [0.4, 0.5) is 4.39 Å². The van der Waals surface area contributed by atoms with E-state index in [1.807, 2.05) is 17.0 Å². The van der Waals surface area contributed by atoms with E-state index in [0.717, 1.165) is 37.9 Å². The van der Waals surface area contributed by atoms with E-state index in [1.165, 1.54) is 37.0 Å². The van der Waals surface area contributed by atoms with Crippen molar-refractivity contribution in [1.29, 1.82) is 0 Å². The van der Waals surface area contributed by atoms with Crippen LogP contribution < -0.4 is 0 Å². The largest absolute Gasteiger partial charge is 0.376 e. The number of carbonyl (C=O) groups excluding carboxylic acids is 1. The second-order valence-corrected chi connectivity index (χ2v) is 6.85. The quantitative estimate of drug-likeness (QED) is 0.756. The molecule has 0 N–H and O–H groups in total. The molecule has 0 bridgehead atoms. The highest BCUT2D eigenvalue weighted by atomic mass is 19.1. The Kier molecular flexibility index (Phi) is 6.02. The Hall–Kier alpha value is -1.68. The Morgan fingerprint density at radius 1 is 1.25 bits per heavy atom. The zero-order chi connectivity index (χ0) is 16.8. The Labute approximate surface area is 143 Å². The molecule has 0 aromatic heterocycles. The monoisotopic (exact) mass is 331 g/mol. The molecule has 3 nitrogen and oxygen atoms in total. The van der Waals surface area contributed by atoms with E-state index < -0.39 is 0 Å². The molecule has 1 saturated heterocycles. The first-order valence-corrected chi connectivity index (χ1v) is 9.05. The van der Waals surface area contributed by atoms with Crippen molar-refractivity contribution in [3.63, 3.8) is 0 Å². The normalized spacial score (nSPS) is 20.9. The van der Waals surface area contributed by atoms with Gasteiger partial charge in [-0.3, -0.25) is 4.79 Å². The molecule has 1 saturated carbocycles. The van der Waals surface area contributed by atoms with Crippen molar-refractivity contribution in [1.82, 2.24) is 4.90 Å². The van der Waals surface area contributed by atoms with Gasteiger partial charge in [0.05, 0.1) is 6.10 Å². The number of halogens is 1. The molecular weight excluding hydrogens is 305 g/mol. The molecule has 1 aliphatic heterocycles. The molecule has 0 spiro atoms. The summed E-state index contributed by atoms with van der Waals surface area (Å²) in [6, 6.07) is 6.49. The van der Waals surface area contributed by atoms with Gasteiger partial charge >= 0.3 is 0 Å². The fourth-order valence-electron chi connectivity index (χ4n) is 3.54. The van der Waals surface area contributed by atoms with E-state index in [4.69, 9.17) is 4.74 Å². The van der Waals surface area contributed by atoms with Gasteiger partial charge in [0, 0.05) is 25.8 Å². The number of nitrogens with zero attached hydrogens (tertiary/aromatic N) is 1. The average molecular weight is 331 g/mol. The van der Waals surface area contributed by atoms with Crippen molar-refractivity contribution in [3.8, 4) is 0 Å². The number of amides is 1. The lowest BCUT2D eigenvalue weighted by Crippen LogP contribution is -2.36. The van der Waals surface area contributed by atoms with Gasteiger partial charge in [0.2, 0.25) is 5.91 Å². The smallest absolute Gasteiger partial charge is 0.246 e. The summed E-state index contributed by atoms with van der Waals surface area (Å²) in [7, 11) is 0. The summed E-state index contributed by atoms with van der Waals surface area (Å²) in [5.41, 5.74) is 2.08. The number of hydrogen-bond acceptors (Lipinski definition) is 2. The van der Waals surface area contributed by atoms with Crippen molar-refractivity contribution in [2.75, 3.05) is 13.2 Å². The van der Waals surface area contributed by atoms with Gasteiger partial charge in [-0.05, 0) is 56.2 Å². The van der Waals surface area contributed by atoms with Crippen LogP contribution in [0.5, 0.6) is 0 Å². The first-order chi connectivity index (χ1) is 11.7. The van der Waals surface area contributed by atoms with E-state index in [-0.39, 0.29) is 17.8 Å². The van der Waals surface area contributed by atoms with Crippen LogP contribution in [0.3, 0.4) is 0 Å². The number of benzene rings is 1. The molecule has 0 radical (unpaired) electrons. The van der Waals surface area contributed by atoms with E-state index in [1.54, 1.807) is 6.07 Å². The average Bonchev–Trinajstić information content (AvgIpc) is 3.08. The number of carbonyl (C=O) groups is 1. The SMILES string of the molecule is O=C(C=C1CCCCC1)N(Cc1cccc(F)c1)C[C@@H]1CCCO1. The van der Waals surface area contributed by atoms with Crippen LogP contribution in [0.15, 0.2) is 35.9 Å². The van der Waals surface area contributed by atoms with Crippen LogP contribution in [0.25, 0.3) is 0 Å². The molecule has 1 aromatic rings. The van der Waals surface area contributed by atoms with E-state index in [9.17, 15) is 9.18 Å². The van der Waals surface area contributed by atoms with Crippen molar-refractivity contribution in [3.05, 3.63) is 47.3 Å². The molecule has 130 valence electrons. The van der Waals surface area contributed by atoms with Crippen LogP contribution in [-0.4, -0.2) is 30.1 Å². The molecule has 0 unspecified atom stereocenters. The molecule has 4 heteroatoms. The molecule has 2 fully saturated rings. The Morgan fingerprint density at radius 2 is 2.08 bits per heavy atom. The molecular formula is C20H26FNO2. The standard InChI is InChI=1S/C20H26FNO2/c21-18-9-4-8-17(12-18)14-22(15-19-10-5-11-24-19)20(23)13-16-6-2-1-3-7-16/h4,8-9,12-13,19H,1-3,5-7,10-11,14-15H2/t19-/m0/s1. The van der Waals surface area contributed by atoms with Gasteiger partial charge in [0.1, 0.15) is 5.82 Å². The summed E-state index contributed by atoms with van der Waals surface area (Å²) in [6.45, 7) is 1.78. The topological polar surface area (TPSA) is 29.5 Å². The molecule has 1 amide bonds. The van der Waals surface area contributed by atoms with Crippen LogP contribution >= 0.6 is 0 Å². The molecule has 1 aliphatic carbocycles. The number of allylic oxidation sites excluding steroid dienone is 1. The maximum absolute atomic E-state index is 13.5. The maximum Gasteiger partial charge on any atom is 0.246 e. The van der Waals surface area contributed by atoms with Gasteiger partial charge in [0.15, 0.2) is 0 Å². The second-order valence-electron chi connectivity index (χ2n) is 6.85. The lowest BCUT2D eigenvalue weighted by atomic mass is 9.94. The van der Waals surface area contributed by atoms with Crippen LogP contribution in [0.2, 0.25) is 0 Å². The summed E-state index contributed by atoms with van der Waals surface area (Å²) in [5.74, 6) is -0.227. The maximum atomic E-state index is 13.5. The Bertz CT molecular complexity index is 585. The number of ether oxygens (including phenoxy) is 1. The predicted molar refractivity (Wildman–Crippen MR) is 92.0 cm³/mol. The highest BCUT2D eigenvalue weighted by Crippen LogP contribution is 2.23. The van der Waals surface area contributed by atoms with Crippen molar-refractivity contribution < 1.29 is 13.9 Å². The van der Waals surface area contributed by atoms with Crippen LogP contribution in [-0.2, 0) is 16.1 Å². The highest BCUT2D eigenvalue weighted by Gasteiger charge is 2.22. The summed E-state index contributed by atoms with van der Waals surface area (Å²) < 4.78 is 19.2. The van der Waals surface area contributed by atoms with Crippen molar-refractivity contribution in [2.45, 2.75) is 57.6 Å². The minimum Gasteiger partial charge on any atom is -0.376 e. The molecule has 3 rings (SSSR count). The summed E-state index contributed by atoms with van der Waals surface area (Å²) in [5, 5.41) is 0. The molecule has 2 aliphatic rings. The summed E-state index contributed by atoms with van der Waals surface area (Å²) in [4.78, 5) is 14.6. The zero-order valence-electron chi connectivity index (χ0n) is 14.2. The number of hydrogen-bond donors (Lipinski definition) is 0. The fraction of sp³-hybridized carbons (Fsp3) is 0.550. The third-order valence-corrected chi connectivity index (χ3v) is 4.85. The van der Waals surface area contributed by atoms with E-state index in [0.29, 0.717) is 13.1 Å². The lowest BCUT2D eigenvalue weighted by molar-refractivity contribution is -0.128. The third kappa shape index (κ3) is 4.91. The molecule has 1 aromatic carbocycles. The first kappa shape index (κ1) is 17.2. The Morgan fingerprint density at radius 3 is 2.79 bits per heavy atom. The lowest BCUT2D eigenvalue weighted by Gasteiger charge is -2.25. The molecule has 1 heterocycles. The van der Waals surface area contributed by atoms with E-state index in [2.05, 4.69) is 0 Å². The van der Waals surface area contributed by atoms with Crippen LogP contribution in [0.1, 0.15) is 50.5 Å². The van der Waals surface area contributed by atoms with Crippen molar-refractivity contribution in [2.24, 2.45) is 0 Å². The summed E-state index contributed by atoms with van der Waals surface area (Å²) >= 11 is 0. The van der Waals surface area contributed by atoms with Gasteiger partial charge in [-0.1, -0.05) is 24.1 Å². The summed E-state index contributed by atoms with van der Waals surface area (Å²) in [6.07, 6.45) is 9.62. The van der Waals surface area contributed by atoms with Gasteiger partial charge in [-0.15, -0.1) is 0 Å². The fourth-order valence-corrected chi connectivity index (χ4v) is 3.54. The third-order valence-electron chi connectivity index (χ3n) is 4.85. The minimum atomic E-state index is -0.261. The van der Waals surface area contributed by atoms with Crippen molar-refractivity contribution >= 4 is 5.91 Å². The Balaban J connectivity index is 1.71. The van der Waals surface area contributed by atoms with E-state index >= 15 is 0 Å². The van der Waals surface area contributed by atoms with Gasteiger partial charge in [-0.2, -0.15) is 0 Å². The molecule has 1 atom stereocenters. The second kappa shape index (κ2) is 8.43. The van der Waals surface area contributed by atoms with Gasteiger partial charge < -0.3 is 9.64 Å². The molecule has 24 heavy (non-hydrogen) atoms. The minimum absolute atomic E-state index is 0.0339. The zero-order valence-corrected chi connectivity index (χ0v) is 14.2. The highest BCUT2D eigenvalue weighted by molar-refractivity contribution is 5.88. The predicted octanol–water partition coefficient (Wildman–Crippen LogP) is 4.22. The van der Waals surface area contributed by atoms with Crippen LogP contribution in [0, 0.1) is 5.82 Å². The number of rotatable bonds is 5.